The fourth-order valence-electron chi connectivity index (χ4n) is 3.43. The van der Waals surface area contributed by atoms with Gasteiger partial charge in [0.1, 0.15) is 23.3 Å². The fourth-order valence-corrected chi connectivity index (χ4v) is 3.43. The number of amides is 1. The average molecular weight is 365 g/mol. The van der Waals surface area contributed by atoms with E-state index in [0.29, 0.717) is 30.3 Å². The van der Waals surface area contributed by atoms with Crippen LogP contribution in [0, 0.1) is 5.82 Å². The molecule has 0 aliphatic carbocycles. The minimum atomic E-state index is -0.261. The van der Waals surface area contributed by atoms with E-state index in [1.807, 2.05) is 6.07 Å². The molecule has 4 rings (SSSR count). The highest BCUT2D eigenvalue weighted by Gasteiger charge is 2.32. The molecule has 3 heterocycles. The van der Waals surface area contributed by atoms with E-state index in [-0.39, 0.29) is 17.8 Å². The summed E-state index contributed by atoms with van der Waals surface area (Å²) in [7, 11) is 0. The van der Waals surface area contributed by atoms with Gasteiger partial charge in [-0.15, -0.1) is 0 Å². The second kappa shape index (κ2) is 7.70. The molecule has 2 aromatic heterocycles. The Labute approximate surface area is 156 Å². The molecule has 0 radical (unpaired) electrons. The summed E-state index contributed by atoms with van der Waals surface area (Å²) in [5.74, 6) is 0.894. The monoisotopic (exact) mass is 365 g/mol. The normalized spacial score (nSPS) is 17.1. The van der Waals surface area contributed by atoms with Gasteiger partial charge in [0.2, 0.25) is 5.89 Å². The molecule has 1 fully saturated rings. The van der Waals surface area contributed by atoms with Crippen molar-refractivity contribution in [2.45, 2.75) is 31.7 Å². The van der Waals surface area contributed by atoms with Crippen LogP contribution in [0.2, 0.25) is 0 Å². The molecule has 5 nitrogen and oxygen atoms in total. The number of piperidine rings is 1. The lowest BCUT2D eigenvalue weighted by atomic mass is 10.0. The van der Waals surface area contributed by atoms with E-state index in [1.54, 1.807) is 41.6 Å². The molecule has 1 unspecified atom stereocenters. The lowest BCUT2D eigenvalue weighted by Crippen LogP contribution is -2.39. The zero-order valence-electron chi connectivity index (χ0n) is 14.8. The van der Waals surface area contributed by atoms with Gasteiger partial charge in [0.25, 0.3) is 5.91 Å². The van der Waals surface area contributed by atoms with Crippen molar-refractivity contribution in [3.63, 3.8) is 0 Å². The summed E-state index contributed by atoms with van der Waals surface area (Å²) in [5.41, 5.74) is 1.38. The number of benzene rings is 1. The van der Waals surface area contributed by atoms with Crippen LogP contribution < -0.4 is 0 Å². The number of nitrogens with zero attached hydrogens (tertiary/aromatic N) is 3. The van der Waals surface area contributed by atoms with E-state index in [1.165, 1.54) is 12.1 Å². The number of hydrogen-bond donors (Lipinski definition) is 0. The van der Waals surface area contributed by atoms with Gasteiger partial charge in [-0.2, -0.15) is 0 Å². The van der Waals surface area contributed by atoms with Gasteiger partial charge >= 0.3 is 0 Å². The van der Waals surface area contributed by atoms with E-state index < -0.39 is 0 Å². The lowest BCUT2D eigenvalue weighted by molar-refractivity contribution is 0.0564. The number of likely N-dealkylation sites (tertiary alicyclic amines) is 1. The number of pyridine rings is 1. The molecule has 0 N–H and O–H groups in total. The van der Waals surface area contributed by atoms with Crippen molar-refractivity contribution in [2.75, 3.05) is 6.54 Å². The van der Waals surface area contributed by atoms with Gasteiger partial charge in [-0.05, 0) is 49.1 Å². The maximum atomic E-state index is 13.1. The molecular formula is C21H20FN3O2. The van der Waals surface area contributed by atoms with Gasteiger partial charge in [0.15, 0.2) is 0 Å². The van der Waals surface area contributed by atoms with Crippen LogP contribution in [0.4, 0.5) is 4.39 Å². The molecule has 1 aliphatic rings. The first-order valence-electron chi connectivity index (χ1n) is 9.12. The quantitative estimate of drug-likeness (QED) is 0.696. The van der Waals surface area contributed by atoms with E-state index in [4.69, 9.17) is 4.42 Å². The molecule has 0 spiro atoms. The van der Waals surface area contributed by atoms with Gasteiger partial charge in [0.05, 0.1) is 6.20 Å². The number of rotatable bonds is 4. The second-order valence-corrected chi connectivity index (χ2v) is 6.69. The minimum absolute atomic E-state index is 0.0985. The van der Waals surface area contributed by atoms with Crippen LogP contribution >= 0.6 is 0 Å². The topological polar surface area (TPSA) is 59.2 Å². The Morgan fingerprint density at radius 2 is 2.00 bits per heavy atom. The number of carbonyl (C=O) groups is 1. The van der Waals surface area contributed by atoms with Crippen LogP contribution in [0.1, 0.15) is 53.0 Å². The van der Waals surface area contributed by atoms with Gasteiger partial charge in [-0.25, -0.2) is 9.37 Å². The summed E-state index contributed by atoms with van der Waals surface area (Å²) >= 11 is 0. The third kappa shape index (κ3) is 3.89. The smallest absolute Gasteiger partial charge is 0.273 e. The van der Waals surface area contributed by atoms with Crippen LogP contribution in [0.3, 0.4) is 0 Å². The van der Waals surface area contributed by atoms with E-state index in [9.17, 15) is 9.18 Å². The Kier molecular flexibility index (Phi) is 4.96. The molecule has 138 valence electrons. The number of carbonyl (C=O) groups excluding carboxylic acids is 1. The number of hydrogen-bond acceptors (Lipinski definition) is 4. The number of halogens is 1. The van der Waals surface area contributed by atoms with Crippen LogP contribution in [0.5, 0.6) is 0 Å². The first kappa shape index (κ1) is 17.4. The molecular weight excluding hydrogens is 345 g/mol. The third-order valence-electron chi connectivity index (χ3n) is 4.80. The summed E-state index contributed by atoms with van der Waals surface area (Å²) in [6.07, 6.45) is 6.64. The molecule has 27 heavy (non-hydrogen) atoms. The maximum absolute atomic E-state index is 13.1. The maximum Gasteiger partial charge on any atom is 0.273 e. The van der Waals surface area contributed by atoms with Gasteiger partial charge < -0.3 is 9.32 Å². The highest BCUT2D eigenvalue weighted by molar-refractivity contribution is 5.92. The second-order valence-electron chi connectivity index (χ2n) is 6.69. The molecule has 0 bridgehead atoms. The highest BCUT2D eigenvalue weighted by atomic mass is 19.1. The number of oxazole rings is 1. The predicted octanol–water partition coefficient (Wildman–Crippen LogP) is 4.17. The Bertz CT molecular complexity index is 909. The first-order valence-corrected chi connectivity index (χ1v) is 9.12. The summed E-state index contributed by atoms with van der Waals surface area (Å²) in [4.78, 5) is 23.3. The standard InChI is InChI=1S/C21H20FN3O2/c22-16-9-7-15(8-10-16)13-17-14-24-20(27-17)19-6-2-4-12-25(19)21(26)18-5-1-3-11-23-18/h1,3,5,7-11,14,19H,2,4,6,12-13H2. The summed E-state index contributed by atoms with van der Waals surface area (Å²) < 4.78 is 19.0. The summed E-state index contributed by atoms with van der Waals surface area (Å²) in [5, 5.41) is 0. The van der Waals surface area contributed by atoms with Crippen molar-refractivity contribution in [1.82, 2.24) is 14.9 Å². The van der Waals surface area contributed by atoms with Crippen LogP contribution in [-0.4, -0.2) is 27.3 Å². The van der Waals surface area contributed by atoms with Crippen molar-refractivity contribution in [2.24, 2.45) is 0 Å². The first-order chi connectivity index (χ1) is 13.2. The minimum Gasteiger partial charge on any atom is -0.443 e. The van der Waals surface area contributed by atoms with Gasteiger partial charge in [-0.3, -0.25) is 9.78 Å². The largest absolute Gasteiger partial charge is 0.443 e. The molecule has 6 heteroatoms. The van der Waals surface area contributed by atoms with Crippen molar-refractivity contribution >= 4 is 5.91 Å². The molecule has 1 aliphatic heterocycles. The predicted molar refractivity (Wildman–Crippen MR) is 97.6 cm³/mol. The molecule has 1 atom stereocenters. The third-order valence-corrected chi connectivity index (χ3v) is 4.80. The van der Waals surface area contributed by atoms with Crippen molar-refractivity contribution < 1.29 is 13.6 Å². The Morgan fingerprint density at radius 1 is 1.15 bits per heavy atom. The zero-order chi connectivity index (χ0) is 18.6. The Hall–Kier alpha value is -3.02. The van der Waals surface area contributed by atoms with Gasteiger partial charge in [-0.1, -0.05) is 18.2 Å². The molecule has 1 amide bonds. The average Bonchev–Trinajstić information content (AvgIpc) is 3.18. The van der Waals surface area contributed by atoms with Crippen LogP contribution in [0.25, 0.3) is 0 Å². The molecule has 0 saturated carbocycles. The van der Waals surface area contributed by atoms with Gasteiger partial charge in [0, 0.05) is 19.2 Å². The van der Waals surface area contributed by atoms with E-state index in [0.717, 1.165) is 24.8 Å². The molecule has 3 aromatic rings. The molecule has 1 aromatic carbocycles. The fraction of sp³-hybridized carbons (Fsp3) is 0.286. The Morgan fingerprint density at radius 3 is 2.78 bits per heavy atom. The van der Waals surface area contributed by atoms with Crippen LogP contribution in [0.15, 0.2) is 59.3 Å². The summed E-state index contributed by atoms with van der Waals surface area (Å²) in [6.45, 7) is 0.662. The van der Waals surface area contributed by atoms with Crippen molar-refractivity contribution in [3.8, 4) is 0 Å². The number of aromatic nitrogens is 2. The van der Waals surface area contributed by atoms with Crippen molar-refractivity contribution in [3.05, 3.63) is 83.6 Å². The SMILES string of the molecule is O=C(c1ccccn1)N1CCCCC1c1ncc(Cc2ccc(F)cc2)o1. The zero-order valence-corrected chi connectivity index (χ0v) is 14.8. The highest BCUT2D eigenvalue weighted by Crippen LogP contribution is 2.32. The van der Waals surface area contributed by atoms with E-state index in [2.05, 4.69) is 9.97 Å². The molecule has 1 saturated heterocycles. The van der Waals surface area contributed by atoms with Crippen LogP contribution in [-0.2, 0) is 6.42 Å². The van der Waals surface area contributed by atoms with Crippen molar-refractivity contribution in [1.29, 1.82) is 0 Å². The summed E-state index contributed by atoms with van der Waals surface area (Å²) in [6, 6.07) is 11.5. The lowest BCUT2D eigenvalue weighted by Gasteiger charge is -2.33. The van der Waals surface area contributed by atoms with E-state index >= 15 is 0 Å². The Balaban J connectivity index is 1.53.